The minimum atomic E-state index is -3.59. The number of carboxylic acids is 1. The summed E-state index contributed by atoms with van der Waals surface area (Å²) in [5.74, 6) is -0.695. The molecule has 0 spiro atoms. The van der Waals surface area contributed by atoms with E-state index in [0.29, 0.717) is 12.3 Å². The number of aliphatic carboxylic acids is 1. The van der Waals surface area contributed by atoms with E-state index in [0.717, 1.165) is 0 Å². The first kappa shape index (κ1) is 18.5. The van der Waals surface area contributed by atoms with Crippen LogP contribution in [0.1, 0.15) is 6.42 Å². The Labute approximate surface area is 133 Å². The number of sulfonamides is 1. The second-order valence-corrected chi connectivity index (χ2v) is 7.13. The van der Waals surface area contributed by atoms with Crippen LogP contribution in [0, 0.1) is 0 Å². The Balaban J connectivity index is 2.21. The smallest absolute Gasteiger partial charge is 0.313 e. The molecule has 0 heterocycles. The van der Waals surface area contributed by atoms with Gasteiger partial charge in [0, 0.05) is 25.3 Å². The molecule has 1 aromatic carbocycles. The normalized spacial score (nSPS) is 11.1. The largest absolute Gasteiger partial charge is 0.481 e. The van der Waals surface area contributed by atoms with Gasteiger partial charge in [-0.1, -0.05) is 18.2 Å². The van der Waals surface area contributed by atoms with Gasteiger partial charge in [0.25, 0.3) is 0 Å². The molecule has 9 heteroatoms. The second-order valence-electron chi connectivity index (χ2n) is 4.26. The zero-order valence-corrected chi connectivity index (χ0v) is 13.5. The van der Waals surface area contributed by atoms with Crippen molar-refractivity contribution in [2.45, 2.75) is 11.3 Å². The van der Waals surface area contributed by atoms with Crippen molar-refractivity contribution in [1.82, 2.24) is 10.0 Å². The number of carbonyl (C=O) groups is 2. The van der Waals surface area contributed by atoms with Crippen molar-refractivity contribution >= 4 is 33.7 Å². The monoisotopic (exact) mass is 346 g/mol. The molecule has 22 heavy (non-hydrogen) atoms. The lowest BCUT2D eigenvalue weighted by molar-refractivity contribution is -0.133. The number of nitrogens with one attached hydrogen (secondary N) is 2. The molecule has 0 saturated carbocycles. The molecule has 1 rings (SSSR count). The predicted molar refractivity (Wildman–Crippen MR) is 84.2 cm³/mol. The third kappa shape index (κ3) is 7.43. The minimum Gasteiger partial charge on any atom is -0.481 e. The lowest BCUT2D eigenvalue weighted by atomic mass is 10.4. The van der Waals surface area contributed by atoms with E-state index in [1.165, 1.54) is 23.9 Å². The first-order valence-electron chi connectivity index (χ1n) is 6.53. The number of hydrogen-bond donors (Lipinski definition) is 3. The molecule has 1 amide bonds. The van der Waals surface area contributed by atoms with Crippen LogP contribution < -0.4 is 10.0 Å². The summed E-state index contributed by atoms with van der Waals surface area (Å²) in [6.07, 6.45) is 0.0235. The molecule has 122 valence electrons. The number of carbonyl (C=O) groups excluding carboxylic acids is 1. The van der Waals surface area contributed by atoms with Gasteiger partial charge in [0.2, 0.25) is 15.9 Å². The zero-order valence-electron chi connectivity index (χ0n) is 11.8. The molecule has 7 nitrogen and oxygen atoms in total. The highest BCUT2D eigenvalue weighted by atomic mass is 32.2. The summed E-state index contributed by atoms with van der Waals surface area (Å²) in [6, 6.07) is 7.91. The fraction of sp³-hybridized carbons (Fsp3) is 0.385. The van der Waals surface area contributed by atoms with Crippen LogP contribution >= 0.6 is 11.8 Å². The third-order valence-corrected chi connectivity index (χ3v) is 4.91. The SMILES string of the molecule is O=C(O)CSCCNC(=O)CCNS(=O)(=O)c1ccccc1. The molecule has 0 atom stereocenters. The van der Waals surface area contributed by atoms with Crippen molar-refractivity contribution in [3.8, 4) is 0 Å². The van der Waals surface area contributed by atoms with Crippen molar-refractivity contribution in [2.75, 3.05) is 24.6 Å². The van der Waals surface area contributed by atoms with Gasteiger partial charge in [0.15, 0.2) is 0 Å². The van der Waals surface area contributed by atoms with Crippen LogP contribution in [0.4, 0.5) is 0 Å². The van der Waals surface area contributed by atoms with Gasteiger partial charge in [0.1, 0.15) is 0 Å². The van der Waals surface area contributed by atoms with Crippen LogP contribution in [0.2, 0.25) is 0 Å². The van der Waals surface area contributed by atoms with Gasteiger partial charge in [-0.25, -0.2) is 13.1 Å². The van der Waals surface area contributed by atoms with Crippen molar-refractivity contribution in [3.05, 3.63) is 30.3 Å². The highest BCUT2D eigenvalue weighted by Gasteiger charge is 2.13. The lowest BCUT2D eigenvalue weighted by Gasteiger charge is -2.07. The molecule has 0 saturated heterocycles. The van der Waals surface area contributed by atoms with Gasteiger partial charge >= 0.3 is 5.97 Å². The maximum Gasteiger partial charge on any atom is 0.313 e. The Bertz CT molecular complexity index is 590. The standard InChI is InChI=1S/C13H18N2O5S2/c16-12(14-8-9-21-10-13(17)18)6-7-15-22(19,20)11-4-2-1-3-5-11/h1-5,15H,6-10H2,(H,14,16)(H,17,18). The van der Waals surface area contributed by atoms with E-state index in [2.05, 4.69) is 10.0 Å². The summed E-state index contributed by atoms with van der Waals surface area (Å²) in [4.78, 5) is 21.9. The maximum absolute atomic E-state index is 11.9. The van der Waals surface area contributed by atoms with Gasteiger partial charge in [-0.15, -0.1) is 11.8 Å². The molecule has 1 aromatic rings. The molecule has 3 N–H and O–H groups in total. The average molecular weight is 346 g/mol. The van der Waals surface area contributed by atoms with Gasteiger partial charge in [-0.05, 0) is 12.1 Å². The van der Waals surface area contributed by atoms with Crippen molar-refractivity contribution in [1.29, 1.82) is 0 Å². The Kier molecular flexibility index (Phi) is 7.92. The highest BCUT2D eigenvalue weighted by molar-refractivity contribution is 7.99. The van der Waals surface area contributed by atoms with E-state index >= 15 is 0 Å². The zero-order chi connectivity index (χ0) is 16.4. The summed E-state index contributed by atoms with van der Waals surface area (Å²) < 4.78 is 26.1. The topological polar surface area (TPSA) is 113 Å². The van der Waals surface area contributed by atoms with Crippen LogP contribution in [0.5, 0.6) is 0 Å². The van der Waals surface area contributed by atoms with Crippen molar-refractivity contribution in [2.24, 2.45) is 0 Å². The lowest BCUT2D eigenvalue weighted by Crippen LogP contribution is -2.31. The molecule has 0 aromatic heterocycles. The van der Waals surface area contributed by atoms with E-state index in [1.807, 2.05) is 0 Å². The molecule has 0 unspecified atom stereocenters. The van der Waals surface area contributed by atoms with E-state index in [-0.39, 0.29) is 29.5 Å². The van der Waals surface area contributed by atoms with E-state index in [4.69, 9.17) is 5.11 Å². The summed E-state index contributed by atoms with van der Waals surface area (Å²) in [7, 11) is -3.59. The Morgan fingerprint density at radius 2 is 1.82 bits per heavy atom. The number of thioether (sulfide) groups is 1. The second kappa shape index (κ2) is 9.44. The van der Waals surface area contributed by atoms with Gasteiger partial charge in [-0.2, -0.15) is 0 Å². The first-order valence-corrected chi connectivity index (χ1v) is 9.16. The molecule has 0 aliphatic rings. The van der Waals surface area contributed by atoms with Crippen LogP contribution in [0.3, 0.4) is 0 Å². The fourth-order valence-electron chi connectivity index (χ4n) is 1.49. The Hall–Kier alpha value is -1.58. The fourth-order valence-corrected chi connectivity index (χ4v) is 3.11. The van der Waals surface area contributed by atoms with E-state index < -0.39 is 16.0 Å². The first-order chi connectivity index (χ1) is 10.4. The minimum absolute atomic E-state index is 0.00529. The van der Waals surface area contributed by atoms with E-state index in [9.17, 15) is 18.0 Å². The third-order valence-electron chi connectivity index (χ3n) is 2.49. The van der Waals surface area contributed by atoms with Gasteiger partial charge in [-0.3, -0.25) is 9.59 Å². The summed E-state index contributed by atoms with van der Waals surface area (Å²) in [6.45, 7) is 0.355. The Morgan fingerprint density at radius 3 is 2.45 bits per heavy atom. The summed E-state index contributed by atoms with van der Waals surface area (Å²) in [5, 5.41) is 11.0. The summed E-state index contributed by atoms with van der Waals surface area (Å²) in [5.41, 5.74) is 0. The number of hydrogen-bond acceptors (Lipinski definition) is 5. The molecule has 0 aliphatic carbocycles. The van der Waals surface area contributed by atoms with Crippen molar-refractivity contribution in [3.63, 3.8) is 0 Å². The molecule has 0 fully saturated rings. The Morgan fingerprint density at radius 1 is 1.14 bits per heavy atom. The molecule has 0 aliphatic heterocycles. The van der Waals surface area contributed by atoms with Crippen LogP contribution in [0.25, 0.3) is 0 Å². The highest BCUT2D eigenvalue weighted by Crippen LogP contribution is 2.06. The summed E-state index contributed by atoms with van der Waals surface area (Å²) >= 11 is 1.20. The van der Waals surface area contributed by atoms with E-state index in [1.54, 1.807) is 18.2 Å². The molecular formula is C13H18N2O5S2. The molecule has 0 radical (unpaired) electrons. The van der Waals surface area contributed by atoms with Crippen LogP contribution in [-0.2, 0) is 19.6 Å². The van der Waals surface area contributed by atoms with Crippen LogP contribution in [0.15, 0.2) is 35.2 Å². The molecular weight excluding hydrogens is 328 g/mol. The number of carboxylic acid groups (broad SMARTS) is 1. The number of amides is 1. The van der Waals surface area contributed by atoms with Gasteiger partial charge in [0.05, 0.1) is 10.6 Å². The number of rotatable bonds is 10. The quantitative estimate of drug-likeness (QED) is 0.525. The van der Waals surface area contributed by atoms with Crippen LogP contribution in [-0.4, -0.2) is 50.0 Å². The maximum atomic E-state index is 11.9. The number of benzene rings is 1. The average Bonchev–Trinajstić information content (AvgIpc) is 2.47. The van der Waals surface area contributed by atoms with Gasteiger partial charge < -0.3 is 10.4 Å². The molecule has 0 bridgehead atoms. The van der Waals surface area contributed by atoms with Crippen molar-refractivity contribution < 1.29 is 23.1 Å². The predicted octanol–water partition coefficient (Wildman–Crippen LogP) is 0.289.